The van der Waals surface area contributed by atoms with Gasteiger partial charge in [0.1, 0.15) is 0 Å². The molecular formula is C11H21F3N2. The summed E-state index contributed by atoms with van der Waals surface area (Å²) in [5.74, 6) is 0. The first-order valence-corrected chi connectivity index (χ1v) is 6.03. The largest absolute Gasteiger partial charge is 0.389 e. The van der Waals surface area contributed by atoms with Crippen molar-refractivity contribution in [2.75, 3.05) is 6.54 Å². The van der Waals surface area contributed by atoms with Gasteiger partial charge in [0.25, 0.3) is 0 Å². The number of halogens is 3. The molecule has 0 aromatic carbocycles. The second-order valence-corrected chi connectivity index (χ2v) is 4.64. The van der Waals surface area contributed by atoms with Gasteiger partial charge >= 0.3 is 6.18 Å². The smallest absolute Gasteiger partial charge is 0.328 e. The Labute approximate surface area is 94.8 Å². The van der Waals surface area contributed by atoms with Crippen LogP contribution in [0.15, 0.2) is 0 Å². The zero-order chi connectivity index (χ0) is 12.0. The Hall–Kier alpha value is -0.290. The van der Waals surface area contributed by atoms with Crippen molar-refractivity contribution in [3.63, 3.8) is 0 Å². The van der Waals surface area contributed by atoms with Crippen LogP contribution in [0.1, 0.15) is 44.9 Å². The molecule has 16 heavy (non-hydrogen) atoms. The summed E-state index contributed by atoms with van der Waals surface area (Å²) >= 11 is 0. The quantitative estimate of drug-likeness (QED) is 0.722. The summed E-state index contributed by atoms with van der Waals surface area (Å²) < 4.78 is 35.5. The molecule has 0 amide bonds. The highest BCUT2D eigenvalue weighted by atomic mass is 19.4. The summed E-state index contributed by atoms with van der Waals surface area (Å²) in [5.41, 5.74) is 5.77. The average molecular weight is 238 g/mol. The SMILES string of the molecule is NC1CCC(NCCCCC(F)(F)F)CC1. The number of nitrogens with one attached hydrogen (secondary N) is 1. The Morgan fingerprint density at radius 3 is 2.25 bits per heavy atom. The lowest BCUT2D eigenvalue weighted by molar-refractivity contribution is -0.135. The van der Waals surface area contributed by atoms with Crippen molar-refractivity contribution in [2.24, 2.45) is 5.73 Å². The minimum absolute atomic E-state index is 0.225. The van der Waals surface area contributed by atoms with Crippen molar-refractivity contribution in [2.45, 2.75) is 63.2 Å². The summed E-state index contributed by atoms with van der Waals surface area (Å²) in [4.78, 5) is 0. The maximum absolute atomic E-state index is 11.8. The zero-order valence-electron chi connectivity index (χ0n) is 9.52. The fourth-order valence-corrected chi connectivity index (χ4v) is 2.08. The van der Waals surface area contributed by atoms with Gasteiger partial charge in [0, 0.05) is 18.5 Å². The van der Waals surface area contributed by atoms with E-state index in [0.29, 0.717) is 25.0 Å². The van der Waals surface area contributed by atoms with Crippen LogP contribution in [0.4, 0.5) is 13.2 Å². The Kier molecular flexibility index (Phi) is 5.55. The number of unbranched alkanes of at least 4 members (excludes halogenated alkanes) is 1. The van der Waals surface area contributed by atoms with Crippen molar-refractivity contribution in [1.82, 2.24) is 5.32 Å². The van der Waals surface area contributed by atoms with Crippen LogP contribution in [-0.4, -0.2) is 24.8 Å². The minimum atomic E-state index is -4.00. The van der Waals surface area contributed by atoms with Crippen LogP contribution in [0, 0.1) is 0 Å². The number of hydrogen-bond acceptors (Lipinski definition) is 2. The number of nitrogens with two attached hydrogens (primary N) is 1. The second kappa shape index (κ2) is 6.45. The van der Waals surface area contributed by atoms with E-state index in [0.717, 1.165) is 25.7 Å². The van der Waals surface area contributed by atoms with Gasteiger partial charge in [0.15, 0.2) is 0 Å². The van der Waals surface area contributed by atoms with Gasteiger partial charge < -0.3 is 11.1 Å². The molecule has 0 saturated heterocycles. The molecule has 2 nitrogen and oxygen atoms in total. The van der Waals surface area contributed by atoms with Gasteiger partial charge in [-0.1, -0.05) is 0 Å². The van der Waals surface area contributed by atoms with Gasteiger partial charge in [0.05, 0.1) is 0 Å². The van der Waals surface area contributed by atoms with Crippen LogP contribution in [-0.2, 0) is 0 Å². The van der Waals surface area contributed by atoms with E-state index >= 15 is 0 Å². The molecule has 1 rings (SSSR count). The van der Waals surface area contributed by atoms with E-state index in [-0.39, 0.29) is 6.42 Å². The van der Waals surface area contributed by atoms with Crippen LogP contribution in [0.25, 0.3) is 0 Å². The van der Waals surface area contributed by atoms with Gasteiger partial charge in [-0.25, -0.2) is 0 Å². The molecule has 0 aromatic rings. The van der Waals surface area contributed by atoms with Crippen molar-refractivity contribution >= 4 is 0 Å². The third-order valence-electron chi connectivity index (χ3n) is 3.09. The molecule has 1 aliphatic carbocycles. The summed E-state index contributed by atoms with van der Waals surface area (Å²) in [6.07, 6.45) is 0.327. The molecule has 1 fully saturated rings. The van der Waals surface area contributed by atoms with E-state index in [1.54, 1.807) is 0 Å². The van der Waals surface area contributed by atoms with Gasteiger partial charge in [-0.3, -0.25) is 0 Å². The van der Waals surface area contributed by atoms with E-state index in [9.17, 15) is 13.2 Å². The fraction of sp³-hybridized carbons (Fsp3) is 1.00. The molecule has 5 heteroatoms. The normalized spacial score (nSPS) is 27.0. The predicted molar refractivity (Wildman–Crippen MR) is 58.1 cm³/mol. The van der Waals surface area contributed by atoms with Crippen molar-refractivity contribution < 1.29 is 13.2 Å². The lowest BCUT2D eigenvalue weighted by atomic mass is 9.92. The Bertz CT molecular complexity index is 186. The highest BCUT2D eigenvalue weighted by Crippen LogP contribution is 2.22. The van der Waals surface area contributed by atoms with Gasteiger partial charge in [-0.2, -0.15) is 13.2 Å². The van der Waals surface area contributed by atoms with E-state index in [1.807, 2.05) is 0 Å². The standard InChI is InChI=1S/C11H21F3N2/c12-11(13,14)7-1-2-8-16-10-5-3-9(15)4-6-10/h9-10,16H,1-8,15H2. The molecule has 0 bridgehead atoms. The van der Waals surface area contributed by atoms with Crippen LogP contribution < -0.4 is 11.1 Å². The highest BCUT2D eigenvalue weighted by molar-refractivity contribution is 4.78. The summed E-state index contributed by atoms with van der Waals surface area (Å²) in [6.45, 7) is 0.690. The molecule has 1 saturated carbocycles. The zero-order valence-corrected chi connectivity index (χ0v) is 9.52. The lowest BCUT2D eigenvalue weighted by Gasteiger charge is -2.26. The van der Waals surface area contributed by atoms with Gasteiger partial charge in [-0.05, 0) is 45.1 Å². The van der Waals surface area contributed by atoms with E-state index in [1.165, 1.54) is 0 Å². The van der Waals surface area contributed by atoms with Crippen molar-refractivity contribution in [3.8, 4) is 0 Å². The Morgan fingerprint density at radius 1 is 1.06 bits per heavy atom. The predicted octanol–water partition coefficient (Wildman–Crippen LogP) is 2.58. The molecule has 0 heterocycles. The lowest BCUT2D eigenvalue weighted by Crippen LogP contribution is -2.37. The number of rotatable bonds is 5. The molecular weight excluding hydrogens is 217 g/mol. The highest BCUT2D eigenvalue weighted by Gasteiger charge is 2.25. The molecule has 1 aliphatic rings. The maximum atomic E-state index is 11.8. The first-order valence-electron chi connectivity index (χ1n) is 6.03. The van der Waals surface area contributed by atoms with E-state index in [4.69, 9.17) is 5.73 Å². The Balaban J connectivity index is 1.95. The molecule has 0 radical (unpaired) electrons. The Morgan fingerprint density at radius 2 is 1.69 bits per heavy atom. The molecule has 3 N–H and O–H groups in total. The minimum Gasteiger partial charge on any atom is -0.328 e. The van der Waals surface area contributed by atoms with Crippen LogP contribution in [0.3, 0.4) is 0 Å². The summed E-state index contributed by atoms with van der Waals surface area (Å²) in [6, 6.07) is 0.786. The van der Waals surface area contributed by atoms with Crippen molar-refractivity contribution in [1.29, 1.82) is 0 Å². The third-order valence-corrected chi connectivity index (χ3v) is 3.09. The van der Waals surface area contributed by atoms with Crippen LogP contribution in [0.5, 0.6) is 0 Å². The molecule has 0 atom stereocenters. The topological polar surface area (TPSA) is 38.0 Å². The van der Waals surface area contributed by atoms with E-state index in [2.05, 4.69) is 5.32 Å². The third kappa shape index (κ3) is 6.33. The van der Waals surface area contributed by atoms with Gasteiger partial charge in [0.2, 0.25) is 0 Å². The fourth-order valence-electron chi connectivity index (χ4n) is 2.08. The molecule has 0 aromatic heterocycles. The molecule has 0 spiro atoms. The number of hydrogen-bond donors (Lipinski definition) is 2. The monoisotopic (exact) mass is 238 g/mol. The maximum Gasteiger partial charge on any atom is 0.389 e. The average Bonchev–Trinajstić information content (AvgIpc) is 2.19. The molecule has 0 unspecified atom stereocenters. The summed E-state index contributed by atoms with van der Waals surface area (Å²) in [5, 5.41) is 3.31. The second-order valence-electron chi connectivity index (χ2n) is 4.64. The van der Waals surface area contributed by atoms with Crippen LogP contribution >= 0.6 is 0 Å². The molecule has 96 valence electrons. The molecule has 0 aliphatic heterocycles. The first kappa shape index (κ1) is 13.8. The first-order chi connectivity index (χ1) is 7.47. The summed E-state index contributed by atoms with van der Waals surface area (Å²) in [7, 11) is 0. The van der Waals surface area contributed by atoms with E-state index < -0.39 is 12.6 Å². The van der Waals surface area contributed by atoms with Crippen LogP contribution in [0.2, 0.25) is 0 Å². The number of alkyl halides is 3. The van der Waals surface area contributed by atoms with Crippen molar-refractivity contribution in [3.05, 3.63) is 0 Å². The van der Waals surface area contributed by atoms with Gasteiger partial charge in [-0.15, -0.1) is 0 Å².